The Labute approximate surface area is 117 Å². The number of hydrogen-bond acceptors (Lipinski definition) is 3. The highest BCUT2D eigenvalue weighted by molar-refractivity contribution is 5.89. The standard InChI is InChI=1S/C15H19N5/c1-3-5-12-13-14(16)17-18-15(13)20(19-12)9-11-7-4-6-10(2)8-11/h4,6-8H,3,5,9H2,1-2H3,(H3,16,17,18). The van der Waals surface area contributed by atoms with Crippen molar-refractivity contribution in [3.8, 4) is 0 Å². The van der Waals surface area contributed by atoms with Crippen molar-refractivity contribution in [2.75, 3.05) is 5.73 Å². The van der Waals surface area contributed by atoms with Crippen molar-refractivity contribution in [3.63, 3.8) is 0 Å². The molecule has 1 aromatic carbocycles. The number of benzene rings is 1. The Kier molecular flexibility index (Phi) is 3.18. The number of nitrogens with two attached hydrogens (primary N) is 1. The first-order chi connectivity index (χ1) is 9.69. The van der Waals surface area contributed by atoms with Gasteiger partial charge in [0.1, 0.15) is 5.82 Å². The summed E-state index contributed by atoms with van der Waals surface area (Å²) in [5.41, 5.74) is 10.3. The Morgan fingerprint density at radius 2 is 2.20 bits per heavy atom. The number of anilines is 1. The highest BCUT2D eigenvalue weighted by Crippen LogP contribution is 2.24. The Bertz CT molecular complexity index is 738. The highest BCUT2D eigenvalue weighted by atomic mass is 15.3. The molecular formula is C15H19N5. The van der Waals surface area contributed by atoms with Crippen LogP contribution in [0, 0.1) is 6.92 Å². The van der Waals surface area contributed by atoms with E-state index in [-0.39, 0.29) is 0 Å². The van der Waals surface area contributed by atoms with Crippen molar-refractivity contribution in [2.24, 2.45) is 0 Å². The van der Waals surface area contributed by atoms with Crippen molar-refractivity contribution < 1.29 is 0 Å². The molecule has 0 bridgehead atoms. The van der Waals surface area contributed by atoms with Crippen molar-refractivity contribution in [3.05, 3.63) is 41.1 Å². The smallest absolute Gasteiger partial charge is 0.182 e. The lowest BCUT2D eigenvalue weighted by Crippen LogP contribution is -2.03. The van der Waals surface area contributed by atoms with Crippen LogP contribution in [0.4, 0.5) is 5.82 Å². The third-order valence-corrected chi connectivity index (χ3v) is 3.45. The molecule has 3 aromatic rings. The van der Waals surface area contributed by atoms with Gasteiger partial charge in [0.2, 0.25) is 0 Å². The minimum absolute atomic E-state index is 0.610. The van der Waals surface area contributed by atoms with Crippen molar-refractivity contribution in [2.45, 2.75) is 33.2 Å². The normalized spacial score (nSPS) is 11.3. The Morgan fingerprint density at radius 1 is 1.35 bits per heavy atom. The van der Waals surface area contributed by atoms with E-state index in [0.717, 1.165) is 29.6 Å². The molecule has 5 heteroatoms. The third kappa shape index (κ3) is 2.15. The second kappa shape index (κ2) is 5.00. The molecule has 0 aliphatic rings. The summed E-state index contributed by atoms with van der Waals surface area (Å²) >= 11 is 0. The Hall–Kier alpha value is -2.30. The van der Waals surface area contributed by atoms with Crippen LogP contribution in [0.2, 0.25) is 0 Å². The lowest BCUT2D eigenvalue weighted by atomic mass is 10.1. The van der Waals surface area contributed by atoms with E-state index in [1.54, 1.807) is 0 Å². The van der Waals surface area contributed by atoms with Gasteiger partial charge in [0.15, 0.2) is 5.65 Å². The highest BCUT2D eigenvalue weighted by Gasteiger charge is 2.16. The number of H-pyrrole nitrogens is 1. The quantitative estimate of drug-likeness (QED) is 0.764. The van der Waals surface area contributed by atoms with E-state index in [2.05, 4.69) is 53.4 Å². The van der Waals surface area contributed by atoms with Crippen LogP contribution in [-0.2, 0) is 13.0 Å². The summed E-state index contributed by atoms with van der Waals surface area (Å²) in [6.07, 6.45) is 1.96. The first kappa shape index (κ1) is 12.7. The molecule has 0 unspecified atom stereocenters. The maximum atomic E-state index is 5.97. The van der Waals surface area contributed by atoms with Gasteiger partial charge in [0.25, 0.3) is 0 Å². The van der Waals surface area contributed by atoms with Crippen LogP contribution >= 0.6 is 0 Å². The van der Waals surface area contributed by atoms with Gasteiger partial charge < -0.3 is 5.73 Å². The average molecular weight is 269 g/mol. The molecule has 2 aromatic heterocycles. The van der Waals surface area contributed by atoms with Crippen molar-refractivity contribution in [1.82, 2.24) is 20.0 Å². The SMILES string of the molecule is CCCc1nn(Cc2cccc(C)c2)c2n[nH]c(N)c12. The average Bonchev–Trinajstić information content (AvgIpc) is 2.94. The Morgan fingerprint density at radius 3 is 2.95 bits per heavy atom. The fraction of sp³-hybridized carbons (Fsp3) is 0.333. The number of nitrogens with one attached hydrogen (secondary N) is 1. The van der Waals surface area contributed by atoms with E-state index < -0.39 is 0 Å². The number of hydrogen-bond donors (Lipinski definition) is 2. The van der Waals surface area contributed by atoms with Gasteiger partial charge in [-0.25, -0.2) is 4.68 Å². The van der Waals surface area contributed by atoms with Crippen molar-refractivity contribution >= 4 is 16.9 Å². The zero-order valence-electron chi connectivity index (χ0n) is 11.8. The fourth-order valence-corrected chi connectivity index (χ4v) is 2.57. The van der Waals surface area contributed by atoms with Gasteiger partial charge in [-0.3, -0.25) is 5.10 Å². The molecule has 0 fully saturated rings. The number of aromatic amines is 1. The van der Waals surface area contributed by atoms with E-state index in [4.69, 9.17) is 5.73 Å². The van der Waals surface area contributed by atoms with E-state index >= 15 is 0 Å². The van der Waals surface area contributed by atoms with Crippen LogP contribution in [0.1, 0.15) is 30.2 Å². The zero-order valence-corrected chi connectivity index (χ0v) is 11.8. The lowest BCUT2D eigenvalue weighted by Gasteiger charge is -2.03. The summed E-state index contributed by atoms with van der Waals surface area (Å²) in [4.78, 5) is 0. The Balaban J connectivity index is 2.03. The number of aryl methyl sites for hydroxylation is 2. The van der Waals surface area contributed by atoms with Crippen LogP contribution in [0.15, 0.2) is 24.3 Å². The number of rotatable bonds is 4. The van der Waals surface area contributed by atoms with Gasteiger partial charge in [-0.05, 0) is 18.9 Å². The van der Waals surface area contributed by atoms with Gasteiger partial charge in [0.05, 0.1) is 17.6 Å². The number of nitrogens with zero attached hydrogens (tertiary/aromatic N) is 3. The first-order valence-electron chi connectivity index (χ1n) is 6.93. The molecular weight excluding hydrogens is 250 g/mol. The van der Waals surface area contributed by atoms with Crippen LogP contribution in [0.5, 0.6) is 0 Å². The first-order valence-corrected chi connectivity index (χ1v) is 6.93. The lowest BCUT2D eigenvalue weighted by molar-refractivity contribution is 0.678. The number of aromatic nitrogens is 4. The van der Waals surface area contributed by atoms with Gasteiger partial charge in [-0.2, -0.15) is 10.2 Å². The molecule has 0 amide bonds. The topological polar surface area (TPSA) is 72.5 Å². The second-order valence-electron chi connectivity index (χ2n) is 5.18. The molecule has 3 N–H and O–H groups in total. The van der Waals surface area contributed by atoms with E-state index in [0.29, 0.717) is 12.4 Å². The number of nitrogen functional groups attached to an aromatic ring is 1. The molecule has 2 heterocycles. The molecule has 0 saturated carbocycles. The summed E-state index contributed by atoms with van der Waals surface area (Å²) in [6, 6.07) is 8.44. The van der Waals surface area contributed by atoms with Gasteiger partial charge >= 0.3 is 0 Å². The largest absolute Gasteiger partial charge is 0.383 e. The monoisotopic (exact) mass is 269 g/mol. The van der Waals surface area contributed by atoms with Gasteiger partial charge in [-0.15, -0.1) is 0 Å². The zero-order chi connectivity index (χ0) is 14.1. The summed E-state index contributed by atoms with van der Waals surface area (Å²) in [6.45, 7) is 4.95. The molecule has 0 aliphatic carbocycles. The summed E-state index contributed by atoms with van der Waals surface area (Å²) in [7, 11) is 0. The summed E-state index contributed by atoms with van der Waals surface area (Å²) in [5.74, 6) is 0.610. The minimum atomic E-state index is 0.610. The molecule has 0 radical (unpaired) electrons. The van der Waals surface area contributed by atoms with E-state index in [1.807, 2.05) is 4.68 Å². The van der Waals surface area contributed by atoms with Crippen LogP contribution in [0.3, 0.4) is 0 Å². The molecule has 0 aliphatic heterocycles. The van der Waals surface area contributed by atoms with E-state index in [9.17, 15) is 0 Å². The predicted octanol–water partition coefficient (Wildman–Crippen LogP) is 2.65. The number of fused-ring (bicyclic) bond motifs is 1. The van der Waals surface area contributed by atoms with Crippen LogP contribution < -0.4 is 5.73 Å². The molecule has 20 heavy (non-hydrogen) atoms. The van der Waals surface area contributed by atoms with Gasteiger partial charge in [-0.1, -0.05) is 43.2 Å². The summed E-state index contributed by atoms with van der Waals surface area (Å²) < 4.78 is 1.93. The molecule has 0 atom stereocenters. The van der Waals surface area contributed by atoms with Crippen molar-refractivity contribution in [1.29, 1.82) is 0 Å². The fourth-order valence-electron chi connectivity index (χ4n) is 2.57. The van der Waals surface area contributed by atoms with E-state index in [1.165, 1.54) is 11.1 Å². The minimum Gasteiger partial charge on any atom is -0.383 e. The third-order valence-electron chi connectivity index (χ3n) is 3.45. The second-order valence-corrected chi connectivity index (χ2v) is 5.18. The maximum Gasteiger partial charge on any atom is 0.182 e. The van der Waals surface area contributed by atoms with Crippen LogP contribution in [-0.4, -0.2) is 20.0 Å². The molecule has 3 rings (SSSR count). The van der Waals surface area contributed by atoms with Crippen LogP contribution in [0.25, 0.3) is 11.0 Å². The molecule has 0 saturated heterocycles. The molecule has 104 valence electrons. The van der Waals surface area contributed by atoms with Gasteiger partial charge in [0, 0.05) is 0 Å². The predicted molar refractivity (Wildman–Crippen MR) is 80.6 cm³/mol. The molecule has 0 spiro atoms. The molecule has 5 nitrogen and oxygen atoms in total. The maximum absolute atomic E-state index is 5.97. The summed E-state index contributed by atoms with van der Waals surface area (Å²) in [5, 5.41) is 12.8.